The summed E-state index contributed by atoms with van der Waals surface area (Å²) >= 11 is 6.14. The van der Waals surface area contributed by atoms with Gasteiger partial charge < -0.3 is 10.0 Å². The molecule has 28 heavy (non-hydrogen) atoms. The number of halogens is 2. The molecule has 1 aromatic heterocycles. The van der Waals surface area contributed by atoms with Crippen LogP contribution >= 0.6 is 11.6 Å². The first-order chi connectivity index (χ1) is 13.4. The standard InChI is InChI=1S/C22H29ClFN3O/c1-4-5-9-22(3)10-12-27(13-11-22)21-18(14-28)26-20(15(2)25-21)16-7-6-8-17(24)19(16)23/h6-8,28H,4-5,9-14H2,1-3H3. The van der Waals surface area contributed by atoms with Gasteiger partial charge >= 0.3 is 0 Å². The van der Waals surface area contributed by atoms with Gasteiger partial charge in [0, 0.05) is 18.7 Å². The highest BCUT2D eigenvalue weighted by Crippen LogP contribution is 2.38. The lowest BCUT2D eigenvalue weighted by atomic mass is 9.76. The van der Waals surface area contributed by atoms with Gasteiger partial charge in [-0.15, -0.1) is 0 Å². The number of hydrogen-bond acceptors (Lipinski definition) is 4. The second-order valence-electron chi connectivity index (χ2n) is 8.09. The van der Waals surface area contributed by atoms with Crippen LogP contribution < -0.4 is 4.90 Å². The normalized spacial score (nSPS) is 16.4. The average molecular weight is 406 g/mol. The van der Waals surface area contributed by atoms with Crippen molar-refractivity contribution in [1.29, 1.82) is 0 Å². The van der Waals surface area contributed by atoms with Crippen LogP contribution in [0, 0.1) is 18.2 Å². The van der Waals surface area contributed by atoms with Crippen LogP contribution in [0.1, 0.15) is 57.3 Å². The highest BCUT2D eigenvalue weighted by atomic mass is 35.5. The Bertz CT molecular complexity index is 835. The number of piperidine rings is 1. The number of aromatic nitrogens is 2. The van der Waals surface area contributed by atoms with E-state index >= 15 is 0 Å². The van der Waals surface area contributed by atoms with E-state index in [9.17, 15) is 9.50 Å². The molecular weight excluding hydrogens is 377 g/mol. The molecule has 0 amide bonds. The summed E-state index contributed by atoms with van der Waals surface area (Å²) in [4.78, 5) is 11.6. The summed E-state index contributed by atoms with van der Waals surface area (Å²) < 4.78 is 13.9. The van der Waals surface area contributed by atoms with Gasteiger partial charge in [-0.3, -0.25) is 0 Å². The Morgan fingerprint density at radius 2 is 1.96 bits per heavy atom. The summed E-state index contributed by atoms with van der Waals surface area (Å²) in [6.07, 6.45) is 5.96. The van der Waals surface area contributed by atoms with E-state index in [2.05, 4.69) is 23.7 Å². The van der Waals surface area contributed by atoms with Gasteiger partial charge in [-0.1, -0.05) is 50.4 Å². The molecule has 0 atom stereocenters. The molecule has 1 fully saturated rings. The Kier molecular flexibility index (Phi) is 6.56. The Morgan fingerprint density at radius 1 is 1.25 bits per heavy atom. The van der Waals surface area contributed by atoms with Crippen LogP contribution in [0.3, 0.4) is 0 Å². The second-order valence-corrected chi connectivity index (χ2v) is 8.47. The van der Waals surface area contributed by atoms with Gasteiger partial charge in [0.05, 0.1) is 23.0 Å². The van der Waals surface area contributed by atoms with Gasteiger partial charge in [-0.25, -0.2) is 14.4 Å². The van der Waals surface area contributed by atoms with Crippen molar-refractivity contribution in [2.45, 2.75) is 59.5 Å². The number of aliphatic hydroxyl groups is 1. The van der Waals surface area contributed by atoms with E-state index in [0.717, 1.165) is 31.7 Å². The third-order valence-corrected chi connectivity index (χ3v) is 6.27. The molecule has 0 unspecified atom stereocenters. The van der Waals surface area contributed by atoms with E-state index in [1.54, 1.807) is 12.1 Å². The Labute approximate surface area is 171 Å². The number of rotatable bonds is 6. The van der Waals surface area contributed by atoms with E-state index in [4.69, 9.17) is 16.6 Å². The number of benzene rings is 1. The number of hydrogen-bond donors (Lipinski definition) is 1. The number of aliphatic hydroxyl groups excluding tert-OH is 1. The van der Waals surface area contributed by atoms with E-state index in [0.29, 0.717) is 28.1 Å². The van der Waals surface area contributed by atoms with Gasteiger partial charge in [-0.2, -0.15) is 0 Å². The van der Waals surface area contributed by atoms with Crippen molar-refractivity contribution in [2.75, 3.05) is 18.0 Å². The molecule has 1 N–H and O–H groups in total. The maximum atomic E-state index is 13.9. The minimum Gasteiger partial charge on any atom is -0.390 e. The van der Waals surface area contributed by atoms with Crippen LogP contribution in [0.4, 0.5) is 10.2 Å². The fourth-order valence-electron chi connectivity index (χ4n) is 3.96. The number of nitrogens with zero attached hydrogens (tertiary/aromatic N) is 3. The summed E-state index contributed by atoms with van der Waals surface area (Å²) in [5.41, 5.74) is 2.58. The lowest BCUT2D eigenvalue weighted by Crippen LogP contribution is -2.40. The SMILES string of the molecule is CCCCC1(C)CCN(c2nc(C)c(-c3cccc(F)c3Cl)nc2CO)CC1. The third-order valence-electron chi connectivity index (χ3n) is 5.88. The highest BCUT2D eigenvalue weighted by Gasteiger charge is 2.31. The maximum absolute atomic E-state index is 13.9. The number of anilines is 1. The van der Waals surface area contributed by atoms with Gasteiger partial charge in [0.15, 0.2) is 5.82 Å². The molecule has 1 aliphatic heterocycles. The van der Waals surface area contributed by atoms with Gasteiger partial charge in [0.25, 0.3) is 0 Å². The Hall–Kier alpha value is -1.72. The zero-order chi connectivity index (χ0) is 20.3. The van der Waals surface area contributed by atoms with Crippen LogP contribution in [0.25, 0.3) is 11.3 Å². The summed E-state index contributed by atoms with van der Waals surface area (Å²) in [6, 6.07) is 4.65. The van der Waals surface area contributed by atoms with E-state index in [1.807, 2.05) is 6.92 Å². The lowest BCUT2D eigenvalue weighted by Gasteiger charge is -2.40. The van der Waals surface area contributed by atoms with Gasteiger partial charge in [-0.05, 0) is 37.7 Å². The molecule has 1 aromatic carbocycles. The summed E-state index contributed by atoms with van der Waals surface area (Å²) in [5.74, 6) is 0.242. The maximum Gasteiger partial charge on any atom is 0.153 e. The quantitative estimate of drug-likeness (QED) is 0.686. The molecule has 0 radical (unpaired) electrons. The van der Waals surface area contributed by atoms with Gasteiger partial charge in [0.2, 0.25) is 0 Å². The van der Waals surface area contributed by atoms with E-state index in [-0.39, 0.29) is 11.6 Å². The van der Waals surface area contributed by atoms with Gasteiger partial charge in [0.1, 0.15) is 11.5 Å². The van der Waals surface area contributed by atoms with Crippen LogP contribution in [0.2, 0.25) is 5.02 Å². The van der Waals surface area contributed by atoms with Crippen molar-refractivity contribution in [3.8, 4) is 11.3 Å². The van der Waals surface area contributed by atoms with Crippen molar-refractivity contribution in [3.63, 3.8) is 0 Å². The highest BCUT2D eigenvalue weighted by molar-refractivity contribution is 6.33. The van der Waals surface area contributed by atoms with Crippen LogP contribution in [-0.4, -0.2) is 28.2 Å². The minimum absolute atomic E-state index is 0.0289. The third kappa shape index (κ3) is 4.31. The van der Waals surface area contributed by atoms with Crippen molar-refractivity contribution < 1.29 is 9.50 Å². The topological polar surface area (TPSA) is 49.2 Å². The predicted molar refractivity (Wildman–Crippen MR) is 112 cm³/mol. The molecular formula is C22H29ClFN3O. The molecule has 2 aromatic rings. The second kappa shape index (κ2) is 8.75. The number of unbranched alkanes of at least 4 members (excludes halogenated alkanes) is 1. The smallest absolute Gasteiger partial charge is 0.153 e. The number of aryl methyl sites for hydroxylation is 1. The predicted octanol–water partition coefficient (Wildman–Crippen LogP) is 5.53. The molecule has 4 nitrogen and oxygen atoms in total. The zero-order valence-electron chi connectivity index (χ0n) is 16.9. The first-order valence-electron chi connectivity index (χ1n) is 10.1. The van der Waals surface area contributed by atoms with Crippen molar-refractivity contribution in [3.05, 3.63) is 40.4 Å². The average Bonchev–Trinajstić information content (AvgIpc) is 2.69. The molecule has 3 rings (SSSR count). The molecule has 1 aliphatic rings. The lowest BCUT2D eigenvalue weighted by molar-refractivity contribution is 0.220. The van der Waals surface area contributed by atoms with Crippen molar-refractivity contribution >= 4 is 17.4 Å². The first kappa shape index (κ1) is 21.0. The molecule has 6 heteroatoms. The Balaban J connectivity index is 1.88. The van der Waals surface area contributed by atoms with Crippen molar-refractivity contribution in [2.24, 2.45) is 5.41 Å². The monoisotopic (exact) mass is 405 g/mol. The fraction of sp³-hybridized carbons (Fsp3) is 0.545. The molecule has 0 spiro atoms. The molecule has 0 saturated carbocycles. The molecule has 152 valence electrons. The Morgan fingerprint density at radius 3 is 2.61 bits per heavy atom. The van der Waals surface area contributed by atoms with Crippen LogP contribution in [0.5, 0.6) is 0 Å². The summed E-state index contributed by atoms with van der Waals surface area (Å²) in [6.45, 7) is 8.05. The van der Waals surface area contributed by atoms with Crippen LogP contribution in [-0.2, 0) is 6.61 Å². The fourth-order valence-corrected chi connectivity index (χ4v) is 4.17. The summed E-state index contributed by atoms with van der Waals surface area (Å²) in [7, 11) is 0. The largest absolute Gasteiger partial charge is 0.390 e. The van der Waals surface area contributed by atoms with Crippen LogP contribution in [0.15, 0.2) is 18.2 Å². The summed E-state index contributed by atoms with van der Waals surface area (Å²) in [5, 5.41) is 9.95. The molecule has 2 heterocycles. The first-order valence-corrected chi connectivity index (χ1v) is 10.4. The van der Waals surface area contributed by atoms with E-state index < -0.39 is 5.82 Å². The molecule has 0 bridgehead atoms. The van der Waals surface area contributed by atoms with E-state index in [1.165, 1.54) is 25.3 Å². The molecule has 0 aliphatic carbocycles. The zero-order valence-corrected chi connectivity index (χ0v) is 17.7. The molecule has 1 saturated heterocycles. The minimum atomic E-state index is -0.489. The van der Waals surface area contributed by atoms with Crippen molar-refractivity contribution in [1.82, 2.24) is 9.97 Å².